The fraction of sp³-hybridized carbons (Fsp3) is 0. The number of hydrogen-bond donors (Lipinski definition) is 0. The molecule has 0 bridgehead atoms. The Hall–Kier alpha value is -7.31. The first-order valence-corrected chi connectivity index (χ1v) is 21.7. The Morgan fingerprint density at radius 1 is 0.267 bits per heavy atom. The molecule has 0 unspecified atom stereocenters. The molecule has 3 aromatic heterocycles. The van der Waals surface area contributed by atoms with Gasteiger partial charge < -0.3 is 0 Å². The second-order valence-electron chi connectivity index (χ2n) is 15.0. The van der Waals surface area contributed by atoms with Crippen LogP contribution in [0.4, 0.5) is 0 Å². The maximum Gasteiger partial charge on any atom is 0.165 e. The molecule has 60 heavy (non-hydrogen) atoms. The van der Waals surface area contributed by atoms with Crippen LogP contribution in [-0.2, 0) is 0 Å². The molecule has 0 aliphatic rings. The van der Waals surface area contributed by atoms with Gasteiger partial charge in [0.15, 0.2) is 17.5 Å². The number of hydrogen-bond acceptors (Lipinski definition) is 5. The number of aromatic nitrogens is 3. The van der Waals surface area contributed by atoms with Gasteiger partial charge in [0.25, 0.3) is 0 Å². The van der Waals surface area contributed by atoms with Gasteiger partial charge >= 0.3 is 0 Å². The Bertz CT molecular complexity index is 3470. The van der Waals surface area contributed by atoms with E-state index < -0.39 is 0 Å². The molecular formula is C55H33N3S2. The second kappa shape index (κ2) is 14.2. The van der Waals surface area contributed by atoms with Crippen LogP contribution in [0.25, 0.3) is 119 Å². The van der Waals surface area contributed by atoms with Crippen molar-refractivity contribution < 1.29 is 0 Å². The molecular weight excluding hydrogens is 767 g/mol. The topological polar surface area (TPSA) is 38.7 Å². The van der Waals surface area contributed by atoms with Crippen LogP contribution in [0.5, 0.6) is 0 Å². The van der Waals surface area contributed by atoms with Gasteiger partial charge in [0.05, 0.1) is 0 Å². The third-order valence-corrected chi connectivity index (χ3v) is 14.0. The summed E-state index contributed by atoms with van der Waals surface area (Å²) in [6, 6.07) is 71.5. The first-order chi connectivity index (χ1) is 29.8. The molecule has 0 saturated carbocycles. The fourth-order valence-corrected chi connectivity index (χ4v) is 11.3. The summed E-state index contributed by atoms with van der Waals surface area (Å²) in [4.78, 5) is 16.6. The van der Waals surface area contributed by atoms with Gasteiger partial charge in [0.2, 0.25) is 0 Å². The molecule has 0 N–H and O–H groups in total. The van der Waals surface area contributed by atoms with E-state index in [-0.39, 0.29) is 0 Å². The van der Waals surface area contributed by atoms with E-state index in [1.807, 2.05) is 0 Å². The first-order valence-electron chi connectivity index (χ1n) is 20.1. The Morgan fingerprint density at radius 3 is 1.30 bits per heavy atom. The molecule has 280 valence electrons. The van der Waals surface area contributed by atoms with Gasteiger partial charge in [-0.2, -0.15) is 0 Å². The van der Waals surface area contributed by atoms with E-state index in [4.69, 9.17) is 15.0 Å². The van der Waals surface area contributed by atoms with Crippen molar-refractivity contribution in [1.82, 2.24) is 15.0 Å². The molecule has 0 aliphatic heterocycles. The van der Waals surface area contributed by atoms with E-state index in [0.717, 1.165) is 50.1 Å². The van der Waals surface area contributed by atoms with Crippen molar-refractivity contribution in [3.05, 3.63) is 200 Å². The highest BCUT2D eigenvalue weighted by molar-refractivity contribution is 7.26. The molecule has 12 rings (SSSR count). The van der Waals surface area contributed by atoms with E-state index in [9.17, 15) is 0 Å². The normalized spacial score (nSPS) is 11.7. The van der Waals surface area contributed by atoms with Gasteiger partial charge in [-0.05, 0) is 68.4 Å². The van der Waals surface area contributed by atoms with Crippen LogP contribution in [0, 0.1) is 0 Å². The number of thiophene rings is 2. The summed E-state index contributed by atoms with van der Waals surface area (Å²) < 4.78 is 4.81. The highest BCUT2D eigenvalue weighted by Gasteiger charge is 2.24. The Morgan fingerprint density at radius 2 is 0.700 bits per heavy atom. The molecule has 0 spiro atoms. The average Bonchev–Trinajstić information content (AvgIpc) is 3.90. The predicted molar refractivity (Wildman–Crippen MR) is 256 cm³/mol. The van der Waals surface area contributed by atoms with E-state index in [0.29, 0.717) is 17.5 Å². The molecule has 3 heterocycles. The van der Waals surface area contributed by atoms with Crippen LogP contribution >= 0.6 is 22.7 Å². The molecule has 5 heteroatoms. The van der Waals surface area contributed by atoms with Crippen molar-refractivity contribution in [2.75, 3.05) is 0 Å². The monoisotopic (exact) mass is 799 g/mol. The van der Waals surface area contributed by atoms with Gasteiger partial charge in [-0.15, -0.1) is 22.7 Å². The molecule has 0 saturated heterocycles. The predicted octanol–water partition coefficient (Wildman–Crippen LogP) is 15.8. The Labute approximate surface area is 354 Å². The lowest BCUT2D eigenvalue weighted by atomic mass is 9.85. The van der Waals surface area contributed by atoms with E-state index in [1.165, 1.54) is 51.1 Å². The zero-order valence-corrected chi connectivity index (χ0v) is 33.8. The SMILES string of the molecule is c1ccc(-c2cccc(-c3c(-c4ccccc4)ccc4ccccc34)c2-c2nc(-c3cccc4c3sc3ccccc34)nc(-c3cccc4c3sc3ccccc34)n2)cc1. The fourth-order valence-electron chi connectivity index (χ4n) is 8.85. The van der Waals surface area contributed by atoms with E-state index >= 15 is 0 Å². The van der Waals surface area contributed by atoms with Crippen molar-refractivity contribution in [3.8, 4) is 67.5 Å². The average molecular weight is 800 g/mol. The standard InChI is InChI=1S/C55H33N3S2/c1-3-16-34(17-4-1)38-24-13-27-44(49-37-21-8-7-20-36(37)32-33-39(49)35-18-5-2-6-19-35)50(38)55-57-53(45-28-14-25-42-40-22-9-11-30-47(40)59-51(42)45)56-54(58-55)46-29-15-26-43-41-23-10-12-31-48(41)60-52(43)46/h1-33H. The highest BCUT2D eigenvalue weighted by atomic mass is 32.1. The summed E-state index contributed by atoms with van der Waals surface area (Å²) in [5.74, 6) is 1.94. The van der Waals surface area contributed by atoms with Crippen LogP contribution in [0.3, 0.4) is 0 Å². The maximum atomic E-state index is 5.59. The second-order valence-corrected chi connectivity index (χ2v) is 17.1. The number of benzene rings is 9. The Balaban J connectivity index is 1.22. The molecule has 9 aromatic carbocycles. The third-order valence-electron chi connectivity index (χ3n) is 11.6. The highest BCUT2D eigenvalue weighted by Crippen LogP contribution is 2.47. The minimum Gasteiger partial charge on any atom is -0.208 e. The van der Waals surface area contributed by atoms with Crippen LogP contribution < -0.4 is 0 Å². The lowest BCUT2D eigenvalue weighted by Crippen LogP contribution is -2.03. The van der Waals surface area contributed by atoms with Gasteiger partial charge in [-0.3, -0.25) is 0 Å². The number of fused-ring (bicyclic) bond motifs is 7. The van der Waals surface area contributed by atoms with Gasteiger partial charge in [0.1, 0.15) is 0 Å². The summed E-state index contributed by atoms with van der Waals surface area (Å²) >= 11 is 3.59. The summed E-state index contributed by atoms with van der Waals surface area (Å²) in [5.41, 5.74) is 9.63. The molecule has 0 fully saturated rings. The van der Waals surface area contributed by atoms with E-state index in [1.54, 1.807) is 22.7 Å². The zero-order valence-electron chi connectivity index (χ0n) is 32.2. The quantitative estimate of drug-likeness (QED) is 0.168. The minimum atomic E-state index is 0.632. The zero-order chi connectivity index (χ0) is 39.6. The van der Waals surface area contributed by atoms with Crippen LogP contribution in [-0.4, -0.2) is 15.0 Å². The van der Waals surface area contributed by atoms with Gasteiger partial charge in [-0.1, -0.05) is 176 Å². The molecule has 0 radical (unpaired) electrons. The van der Waals surface area contributed by atoms with Crippen molar-refractivity contribution in [1.29, 1.82) is 0 Å². The summed E-state index contributed by atoms with van der Waals surface area (Å²) in [7, 11) is 0. The molecule has 0 amide bonds. The van der Waals surface area contributed by atoms with Gasteiger partial charge in [0, 0.05) is 57.0 Å². The molecule has 12 aromatic rings. The van der Waals surface area contributed by atoms with Crippen LogP contribution in [0.2, 0.25) is 0 Å². The molecule has 3 nitrogen and oxygen atoms in total. The van der Waals surface area contributed by atoms with Crippen molar-refractivity contribution in [2.45, 2.75) is 0 Å². The minimum absolute atomic E-state index is 0.632. The lowest BCUT2D eigenvalue weighted by molar-refractivity contribution is 1.08. The molecule has 0 aliphatic carbocycles. The Kier molecular flexibility index (Phi) is 8.22. The van der Waals surface area contributed by atoms with Crippen molar-refractivity contribution >= 4 is 73.8 Å². The summed E-state index contributed by atoms with van der Waals surface area (Å²) in [6.45, 7) is 0. The summed E-state index contributed by atoms with van der Waals surface area (Å²) in [6.07, 6.45) is 0. The van der Waals surface area contributed by atoms with E-state index in [2.05, 4.69) is 200 Å². The van der Waals surface area contributed by atoms with Gasteiger partial charge in [-0.25, -0.2) is 15.0 Å². The van der Waals surface area contributed by atoms with Crippen LogP contribution in [0.1, 0.15) is 0 Å². The van der Waals surface area contributed by atoms with Crippen molar-refractivity contribution in [2.24, 2.45) is 0 Å². The maximum absolute atomic E-state index is 5.59. The summed E-state index contributed by atoms with van der Waals surface area (Å²) in [5, 5.41) is 7.24. The van der Waals surface area contributed by atoms with Crippen molar-refractivity contribution in [3.63, 3.8) is 0 Å². The number of nitrogens with zero attached hydrogens (tertiary/aromatic N) is 3. The molecule has 0 atom stereocenters. The largest absolute Gasteiger partial charge is 0.208 e. The first kappa shape index (κ1) is 34.7. The lowest BCUT2D eigenvalue weighted by Gasteiger charge is -2.20. The van der Waals surface area contributed by atoms with Crippen LogP contribution in [0.15, 0.2) is 200 Å². The smallest absolute Gasteiger partial charge is 0.165 e. The third kappa shape index (κ3) is 5.66. The number of rotatable bonds is 6.